The van der Waals surface area contributed by atoms with Gasteiger partial charge < -0.3 is 15.1 Å². The molecule has 1 fully saturated rings. The Hall–Kier alpha value is -2.47. The predicted molar refractivity (Wildman–Crippen MR) is 95.6 cm³/mol. The topological polar surface area (TPSA) is 61.4 Å². The van der Waals surface area contributed by atoms with E-state index in [-0.39, 0.29) is 5.91 Å². The van der Waals surface area contributed by atoms with Crippen molar-refractivity contribution < 1.29 is 4.79 Å². The summed E-state index contributed by atoms with van der Waals surface area (Å²) in [5, 5.41) is 11.3. The van der Waals surface area contributed by atoms with E-state index in [1.807, 2.05) is 38.1 Å². The van der Waals surface area contributed by atoms with Crippen molar-refractivity contribution in [3.05, 3.63) is 47.2 Å². The van der Waals surface area contributed by atoms with Crippen LogP contribution in [-0.2, 0) is 0 Å². The Morgan fingerprint density at radius 3 is 2.25 bits per heavy atom. The van der Waals surface area contributed by atoms with Crippen LogP contribution >= 0.6 is 0 Å². The normalized spacial score (nSPS) is 15.4. The number of aryl methyl sites for hydroxylation is 2. The average Bonchev–Trinajstić information content (AvgIpc) is 2.59. The molecular weight excluding hydrogens is 302 g/mol. The quantitative estimate of drug-likeness (QED) is 0.936. The molecule has 0 atom stereocenters. The summed E-state index contributed by atoms with van der Waals surface area (Å²) in [6, 6.07) is 9.54. The zero-order chi connectivity index (χ0) is 17.1. The third-order valence-corrected chi connectivity index (χ3v) is 4.43. The number of anilines is 2. The van der Waals surface area contributed by atoms with Crippen molar-refractivity contribution in [2.45, 2.75) is 13.8 Å². The third-order valence-electron chi connectivity index (χ3n) is 4.43. The van der Waals surface area contributed by atoms with E-state index in [9.17, 15) is 4.79 Å². The summed E-state index contributed by atoms with van der Waals surface area (Å²) in [6.45, 7) is 7.83. The second kappa shape index (κ2) is 6.97. The van der Waals surface area contributed by atoms with Gasteiger partial charge in [-0.1, -0.05) is 18.2 Å². The number of piperazine rings is 1. The number of benzene rings is 1. The molecule has 2 heterocycles. The summed E-state index contributed by atoms with van der Waals surface area (Å²) in [5.74, 6) is 0.594. The first-order valence-electron chi connectivity index (χ1n) is 8.19. The van der Waals surface area contributed by atoms with Crippen LogP contribution in [0, 0.1) is 13.8 Å². The highest BCUT2D eigenvalue weighted by Crippen LogP contribution is 2.20. The number of nitrogens with zero attached hydrogens (tertiary/aromatic N) is 4. The minimum absolute atomic E-state index is 0.232. The monoisotopic (exact) mass is 325 g/mol. The number of hydrogen-bond acceptors (Lipinski definition) is 5. The molecule has 0 spiro atoms. The number of para-hydroxylation sites is 1. The Bertz CT molecular complexity index is 700. The van der Waals surface area contributed by atoms with E-state index >= 15 is 0 Å². The van der Waals surface area contributed by atoms with E-state index in [1.54, 1.807) is 6.07 Å². The van der Waals surface area contributed by atoms with Crippen LogP contribution < -0.4 is 10.2 Å². The maximum atomic E-state index is 12.4. The lowest BCUT2D eigenvalue weighted by Crippen LogP contribution is -2.44. The predicted octanol–water partition coefficient (Wildman–Crippen LogP) is 2.10. The molecule has 0 unspecified atom stereocenters. The SMILES string of the molecule is Cc1cccc(C)c1NC(=O)c1ccc(N2CCN(C)CC2)nn1. The van der Waals surface area contributed by atoms with Gasteiger partial charge in [0.05, 0.1) is 0 Å². The molecule has 2 aromatic rings. The summed E-state index contributed by atoms with van der Waals surface area (Å²) >= 11 is 0. The van der Waals surface area contributed by atoms with Crippen LogP contribution in [0.4, 0.5) is 11.5 Å². The van der Waals surface area contributed by atoms with Crippen LogP contribution in [-0.4, -0.2) is 54.2 Å². The first-order chi connectivity index (χ1) is 11.5. The number of amides is 1. The zero-order valence-corrected chi connectivity index (χ0v) is 14.4. The summed E-state index contributed by atoms with van der Waals surface area (Å²) in [4.78, 5) is 16.9. The minimum Gasteiger partial charge on any atom is -0.353 e. The fraction of sp³-hybridized carbons (Fsp3) is 0.389. The molecule has 1 aliphatic heterocycles. The van der Waals surface area contributed by atoms with Gasteiger partial charge in [0.2, 0.25) is 0 Å². The van der Waals surface area contributed by atoms with Gasteiger partial charge in [-0.15, -0.1) is 10.2 Å². The van der Waals surface area contributed by atoms with Gasteiger partial charge in [-0.2, -0.15) is 0 Å². The number of rotatable bonds is 3. The maximum absolute atomic E-state index is 12.4. The maximum Gasteiger partial charge on any atom is 0.276 e. The highest BCUT2D eigenvalue weighted by atomic mass is 16.1. The first kappa shape index (κ1) is 16.4. The molecule has 1 saturated heterocycles. The van der Waals surface area contributed by atoms with Crippen LogP contribution in [0.3, 0.4) is 0 Å². The highest BCUT2D eigenvalue weighted by molar-refractivity contribution is 6.03. The molecule has 24 heavy (non-hydrogen) atoms. The van der Waals surface area contributed by atoms with Gasteiger partial charge in [-0.05, 0) is 44.2 Å². The summed E-state index contributed by atoms with van der Waals surface area (Å²) in [5.41, 5.74) is 3.23. The van der Waals surface area contributed by atoms with Crippen molar-refractivity contribution in [2.24, 2.45) is 0 Å². The van der Waals surface area contributed by atoms with E-state index in [0.29, 0.717) is 5.69 Å². The summed E-state index contributed by atoms with van der Waals surface area (Å²) in [6.07, 6.45) is 0. The van der Waals surface area contributed by atoms with Crippen molar-refractivity contribution in [1.82, 2.24) is 15.1 Å². The summed E-state index contributed by atoms with van der Waals surface area (Å²) in [7, 11) is 2.12. The van der Waals surface area contributed by atoms with E-state index in [2.05, 4.69) is 32.4 Å². The molecule has 6 nitrogen and oxygen atoms in total. The van der Waals surface area contributed by atoms with Crippen molar-refractivity contribution >= 4 is 17.4 Å². The molecule has 3 rings (SSSR count). The number of hydrogen-bond donors (Lipinski definition) is 1. The van der Waals surface area contributed by atoms with E-state index in [4.69, 9.17) is 0 Å². The Morgan fingerprint density at radius 2 is 1.67 bits per heavy atom. The van der Waals surface area contributed by atoms with Gasteiger partial charge in [0.25, 0.3) is 5.91 Å². The number of carbonyl (C=O) groups is 1. The Balaban J connectivity index is 1.70. The molecule has 1 N–H and O–H groups in total. The van der Waals surface area contributed by atoms with Gasteiger partial charge >= 0.3 is 0 Å². The second-order valence-electron chi connectivity index (χ2n) is 6.29. The van der Waals surface area contributed by atoms with Crippen molar-refractivity contribution in [3.63, 3.8) is 0 Å². The molecule has 0 bridgehead atoms. The van der Waals surface area contributed by atoms with Gasteiger partial charge in [-0.3, -0.25) is 4.79 Å². The number of likely N-dealkylation sites (N-methyl/N-ethyl adjacent to an activating group) is 1. The molecular formula is C18H23N5O. The minimum atomic E-state index is -0.232. The van der Waals surface area contributed by atoms with Crippen LogP contribution in [0.15, 0.2) is 30.3 Å². The van der Waals surface area contributed by atoms with Crippen molar-refractivity contribution in [2.75, 3.05) is 43.4 Å². The summed E-state index contributed by atoms with van der Waals surface area (Å²) < 4.78 is 0. The van der Waals surface area contributed by atoms with Gasteiger partial charge in [0.15, 0.2) is 11.5 Å². The van der Waals surface area contributed by atoms with E-state index < -0.39 is 0 Å². The van der Waals surface area contributed by atoms with E-state index in [1.165, 1.54) is 0 Å². The second-order valence-corrected chi connectivity index (χ2v) is 6.29. The molecule has 1 amide bonds. The van der Waals surface area contributed by atoms with Gasteiger partial charge in [0.1, 0.15) is 0 Å². The largest absolute Gasteiger partial charge is 0.353 e. The third kappa shape index (κ3) is 3.54. The Morgan fingerprint density at radius 1 is 1.00 bits per heavy atom. The van der Waals surface area contributed by atoms with Crippen molar-refractivity contribution in [1.29, 1.82) is 0 Å². The number of carbonyl (C=O) groups excluding carboxylic acids is 1. The van der Waals surface area contributed by atoms with Crippen LogP contribution in [0.25, 0.3) is 0 Å². The molecule has 0 aliphatic carbocycles. The Kier molecular flexibility index (Phi) is 4.76. The lowest BCUT2D eigenvalue weighted by molar-refractivity contribution is 0.102. The average molecular weight is 325 g/mol. The van der Waals surface area contributed by atoms with Crippen LogP contribution in [0.2, 0.25) is 0 Å². The standard InChI is InChI=1S/C18H23N5O/c1-13-5-4-6-14(2)17(13)19-18(24)15-7-8-16(21-20-15)23-11-9-22(3)10-12-23/h4-8H,9-12H2,1-3H3,(H,19,24). The lowest BCUT2D eigenvalue weighted by Gasteiger charge is -2.32. The van der Waals surface area contributed by atoms with Crippen LogP contribution in [0.5, 0.6) is 0 Å². The molecule has 126 valence electrons. The fourth-order valence-corrected chi connectivity index (χ4v) is 2.84. The smallest absolute Gasteiger partial charge is 0.276 e. The highest BCUT2D eigenvalue weighted by Gasteiger charge is 2.17. The van der Waals surface area contributed by atoms with Crippen molar-refractivity contribution in [3.8, 4) is 0 Å². The molecule has 1 aliphatic rings. The fourth-order valence-electron chi connectivity index (χ4n) is 2.84. The zero-order valence-electron chi connectivity index (χ0n) is 14.4. The number of nitrogens with one attached hydrogen (secondary N) is 1. The molecule has 0 saturated carbocycles. The van der Waals surface area contributed by atoms with Gasteiger partial charge in [-0.25, -0.2) is 0 Å². The Labute approximate surface area is 142 Å². The first-order valence-corrected chi connectivity index (χ1v) is 8.19. The van der Waals surface area contributed by atoms with Gasteiger partial charge in [0, 0.05) is 31.9 Å². The van der Waals surface area contributed by atoms with Crippen LogP contribution in [0.1, 0.15) is 21.6 Å². The molecule has 1 aromatic heterocycles. The van der Waals surface area contributed by atoms with E-state index in [0.717, 1.165) is 48.8 Å². The number of aromatic nitrogens is 2. The molecule has 6 heteroatoms. The lowest BCUT2D eigenvalue weighted by atomic mass is 10.1. The molecule has 0 radical (unpaired) electrons. The molecule has 1 aromatic carbocycles.